The van der Waals surface area contributed by atoms with Crippen LogP contribution in [0, 0.1) is 0 Å². The molecule has 3 aromatic rings. The molecule has 0 aromatic heterocycles. The first kappa shape index (κ1) is 37.4. The van der Waals surface area contributed by atoms with Crippen LogP contribution in [0.25, 0.3) is 0 Å². The highest BCUT2D eigenvalue weighted by molar-refractivity contribution is 7.91. The van der Waals surface area contributed by atoms with Crippen LogP contribution in [0.4, 0.5) is 0 Å². The van der Waals surface area contributed by atoms with E-state index in [1.54, 1.807) is 35.2 Å². The largest absolute Gasteiger partial charge is 0.493 e. The van der Waals surface area contributed by atoms with Gasteiger partial charge in [-0.1, -0.05) is 47.5 Å². The average Bonchev–Trinajstić information content (AvgIpc) is 3.42. The molecule has 0 radical (unpaired) electrons. The normalized spacial score (nSPS) is 22.1. The summed E-state index contributed by atoms with van der Waals surface area (Å²) in [7, 11) is -6.78. The molecule has 47 heavy (non-hydrogen) atoms. The quantitative estimate of drug-likeness (QED) is 0.314. The standard InChI is InChI=1S/C32H38Cl2N4O6S2.ClH/c1-4-44-28-14-13-26(46(3,42)43)21-27(28)32(31(39)38-17-15-37(16-18-38)19-20-45(2,40)41)35-29(22-5-9-24(33)10-6-22)30(36-32)23-7-11-25(34)12-8-23;/h5-14,21,29-30,35-36H,4,15-20H2,1-3H3;1H. The molecular formula is C32H39Cl3N4O6S2. The number of nitrogens with one attached hydrogen (secondary N) is 2. The van der Waals surface area contributed by atoms with E-state index in [0.717, 1.165) is 17.4 Å². The third-order valence-electron chi connectivity index (χ3n) is 8.38. The zero-order valence-electron chi connectivity index (χ0n) is 26.3. The third-order valence-corrected chi connectivity index (χ3v) is 10.9. The molecule has 10 nitrogen and oxygen atoms in total. The van der Waals surface area contributed by atoms with Gasteiger partial charge in [0.2, 0.25) is 0 Å². The number of benzene rings is 3. The van der Waals surface area contributed by atoms with Crippen molar-refractivity contribution in [1.29, 1.82) is 0 Å². The highest BCUT2D eigenvalue weighted by Gasteiger charge is 2.54. The Labute approximate surface area is 293 Å². The number of piperazine rings is 1. The van der Waals surface area contributed by atoms with Gasteiger partial charge in [0.05, 0.1) is 29.3 Å². The van der Waals surface area contributed by atoms with Crippen LogP contribution in [0.3, 0.4) is 0 Å². The minimum absolute atomic E-state index is 0. The molecule has 3 aromatic carbocycles. The number of rotatable bonds is 10. The lowest BCUT2D eigenvalue weighted by molar-refractivity contribution is -0.141. The number of ether oxygens (including phenoxy) is 1. The fourth-order valence-corrected chi connectivity index (χ4v) is 7.47. The van der Waals surface area contributed by atoms with E-state index in [1.165, 1.54) is 18.4 Å². The second kappa shape index (κ2) is 15.0. The molecule has 256 valence electrons. The van der Waals surface area contributed by atoms with Crippen LogP contribution in [-0.4, -0.2) is 90.1 Å². The first-order valence-corrected chi connectivity index (χ1v) is 19.6. The Morgan fingerprint density at radius 1 is 0.851 bits per heavy atom. The molecule has 2 heterocycles. The summed E-state index contributed by atoms with van der Waals surface area (Å²) in [5, 5.41) is 8.34. The smallest absolute Gasteiger partial charge is 0.262 e. The lowest BCUT2D eigenvalue weighted by atomic mass is 9.95. The molecule has 2 aliphatic rings. The van der Waals surface area contributed by atoms with E-state index in [0.29, 0.717) is 54.1 Å². The Bertz CT molecular complexity index is 1730. The maximum absolute atomic E-state index is 15.0. The van der Waals surface area contributed by atoms with Crippen molar-refractivity contribution in [2.75, 3.05) is 57.6 Å². The van der Waals surface area contributed by atoms with Gasteiger partial charge in [-0.25, -0.2) is 16.8 Å². The van der Waals surface area contributed by atoms with Crippen molar-refractivity contribution in [3.05, 3.63) is 93.5 Å². The van der Waals surface area contributed by atoms with E-state index >= 15 is 0 Å². The number of sulfone groups is 2. The Morgan fingerprint density at radius 3 is 1.81 bits per heavy atom. The molecule has 1 amide bonds. The van der Waals surface area contributed by atoms with Crippen LogP contribution < -0.4 is 15.4 Å². The van der Waals surface area contributed by atoms with Crippen LogP contribution in [0.1, 0.15) is 35.7 Å². The maximum atomic E-state index is 15.0. The summed E-state index contributed by atoms with van der Waals surface area (Å²) in [6.07, 6.45) is 2.34. The van der Waals surface area contributed by atoms with Gasteiger partial charge in [-0.15, -0.1) is 12.4 Å². The molecule has 2 fully saturated rings. The summed E-state index contributed by atoms with van der Waals surface area (Å²) in [6.45, 7) is 4.16. The second-order valence-corrected chi connectivity index (χ2v) is 16.9. The van der Waals surface area contributed by atoms with Gasteiger partial charge in [0, 0.05) is 60.8 Å². The Kier molecular flexibility index (Phi) is 11.9. The fourth-order valence-electron chi connectivity index (χ4n) is 5.98. The number of hydrogen-bond acceptors (Lipinski definition) is 9. The molecule has 2 saturated heterocycles. The number of halogens is 3. The highest BCUT2D eigenvalue weighted by atomic mass is 35.5. The molecule has 2 N–H and O–H groups in total. The predicted molar refractivity (Wildman–Crippen MR) is 187 cm³/mol. The van der Waals surface area contributed by atoms with E-state index < -0.39 is 37.4 Å². The van der Waals surface area contributed by atoms with E-state index in [1.807, 2.05) is 36.1 Å². The van der Waals surface area contributed by atoms with Gasteiger partial charge in [-0.2, -0.15) is 0 Å². The number of nitrogens with zero attached hydrogens (tertiary/aromatic N) is 2. The maximum Gasteiger partial charge on any atom is 0.262 e. The Morgan fingerprint density at radius 2 is 1.36 bits per heavy atom. The topological polar surface area (TPSA) is 125 Å². The Hall–Kier alpha value is -2.42. The predicted octanol–water partition coefficient (Wildman–Crippen LogP) is 4.23. The summed E-state index contributed by atoms with van der Waals surface area (Å²) >= 11 is 12.5. The number of hydrogen-bond donors (Lipinski definition) is 2. The zero-order chi connectivity index (χ0) is 33.3. The van der Waals surface area contributed by atoms with Crippen LogP contribution in [0.5, 0.6) is 5.75 Å². The molecule has 2 unspecified atom stereocenters. The number of carbonyl (C=O) groups excluding carboxylic acids is 1. The molecule has 2 aliphatic heterocycles. The number of carbonyl (C=O) groups is 1. The minimum Gasteiger partial charge on any atom is -0.493 e. The monoisotopic (exact) mass is 744 g/mol. The third kappa shape index (κ3) is 8.60. The van der Waals surface area contributed by atoms with E-state index in [4.69, 9.17) is 27.9 Å². The lowest BCUT2D eigenvalue weighted by Crippen LogP contribution is -2.62. The van der Waals surface area contributed by atoms with Gasteiger partial charge >= 0.3 is 0 Å². The minimum atomic E-state index is -3.65. The molecule has 0 saturated carbocycles. The van der Waals surface area contributed by atoms with Gasteiger partial charge in [0.25, 0.3) is 5.91 Å². The first-order valence-electron chi connectivity index (χ1n) is 14.9. The van der Waals surface area contributed by atoms with Crippen LogP contribution in [0.2, 0.25) is 10.0 Å². The fraction of sp³-hybridized carbons (Fsp3) is 0.406. The van der Waals surface area contributed by atoms with Crippen molar-refractivity contribution >= 4 is 61.2 Å². The zero-order valence-corrected chi connectivity index (χ0v) is 30.2. The van der Waals surface area contributed by atoms with Crippen molar-refractivity contribution in [3.63, 3.8) is 0 Å². The van der Waals surface area contributed by atoms with Crippen molar-refractivity contribution in [2.45, 2.75) is 29.6 Å². The molecule has 5 rings (SSSR count). The highest BCUT2D eigenvalue weighted by Crippen LogP contribution is 2.45. The van der Waals surface area contributed by atoms with Gasteiger partial charge in [0.15, 0.2) is 15.5 Å². The van der Waals surface area contributed by atoms with E-state index in [9.17, 15) is 21.6 Å². The molecule has 0 bridgehead atoms. The second-order valence-electron chi connectivity index (χ2n) is 11.7. The first-order chi connectivity index (χ1) is 21.7. The molecule has 0 spiro atoms. The summed E-state index contributed by atoms with van der Waals surface area (Å²) in [4.78, 5) is 18.8. The van der Waals surface area contributed by atoms with E-state index in [-0.39, 0.29) is 35.6 Å². The van der Waals surface area contributed by atoms with Crippen molar-refractivity contribution < 1.29 is 26.4 Å². The van der Waals surface area contributed by atoms with Crippen molar-refractivity contribution in [2.24, 2.45) is 0 Å². The van der Waals surface area contributed by atoms with Gasteiger partial charge in [0.1, 0.15) is 15.6 Å². The lowest BCUT2D eigenvalue weighted by Gasteiger charge is -2.40. The van der Waals surface area contributed by atoms with Gasteiger partial charge in [-0.3, -0.25) is 20.3 Å². The average molecular weight is 746 g/mol. The molecule has 15 heteroatoms. The molecule has 2 atom stereocenters. The van der Waals surface area contributed by atoms with Gasteiger partial charge < -0.3 is 9.64 Å². The van der Waals surface area contributed by atoms with Crippen LogP contribution in [-0.2, 0) is 30.1 Å². The summed E-state index contributed by atoms with van der Waals surface area (Å²) in [5.74, 6) is 0.0918. The van der Waals surface area contributed by atoms with Crippen molar-refractivity contribution in [3.8, 4) is 5.75 Å². The van der Waals surface area contributed by atoms with Crippen LogP contribution >= 0.6 is 35.6 Å². The van der Waals surface area contributed by atoms with E-state index in [2.05, 4.69) is 10.6 Å². The summed E-state index contributed by atoms with van der Waals surface area (Å²) in [6, 6.07) is 18.3. The number of amides is 1. The van der Waals surface area contributed by atoms with Crippen LogP contribution in [0.15, 0.2) is 71.6 Å². The van der Waals surface area contributed by atoms with Crippen molar-refractivity contribution in [1.82, 2.24) is 20.4 Å². The van der Waals surface area contributed by atoms with Gasteiger partial charge in [-0.05, 0) is 60.5 Å². The SMILES string of the molecule is CCOc1ccc(S(C)(=O)=O)cc1C1(C(=O)N2CCN(CCS(C)(=O)=O)CC2)NC(c2ccc(Cl)cc2)C(c2ccc(Cl)cc2)N1.Cl. The molecule has 0 aliphatic carbocycles. The summed E-state index contributed by atoms with van der Waals surface area (Å²) < 4.78 is 55.1. The molecular weight excluding hydrogens is 707 g/mol. The Balaban J connectivity index is 0.00000500. The summed E-state index contributed by atoms with van der Waals surface area (Å²) in [5.41, 5.74) is 0.440.